The number of sulfonamides is 1. The van der Waals surface area contributed by atoms with Gasteiger partial charge in [0, 0.05) is 12.0 Å². The molecule has 0 heterocycles. The summed E-state index contributed by atoms with van der Waals surface area (Å²) in [5.74, 6) is -0.557. The molecule has 0 saturated heterocycles. The van der Waals surface area contributed by atoms with Gasteiger partial charge >= 0.3 is 6.36 Å². The number of alkyl halides is 3. The van der Waals surface area contributed by atoms with Gasteiger partial charge in [0.2, 0.25) is 10.0 Å². The molecule has 0 aliphatic heterocycles. The first-order valence-corrected chi connectivity index (χ1v) is 10.6. The van der Waals surface area contributed by atoms with Crippen LogP contribution >= 0.6 is 23.2 Å². The third-order valence-corrected chi connectivity index (χ3v) is 6.81. The lowest BCUT2D eigenvalue weighted by Crippen LogP contribution is -2.36. The molecule has 1 aliphatic rings. The average Bonchev–Trinajstić information content (AvgIpc) is 3.04. The Morgan fingerprint density at radius 3 is 2.29 bits per heavy atom. The van der Waals surface area contributed by atoms with Crippen LogP contribution in [0.1, 0.15) is 30.7 Å². The van der Waals surface area contributed by atoms with Gasteiger partial charge in [-0.1, -0.05) is 35.7 Å². The van der Waals surface area contributed by atoms with Crippen LogP contribution < -0.4 is 9.46 Å². The third kappa shape index (κ3) is 5.11. The molecule has 2 aromatic carbocycles. The summed E-state index contributed by atoms with van der Waals surface area (Å²) in [6.45, 7) is 0. The van der Waals surface area contributed by atoms with Gasteiger partial charge in [-0.2, -0.15) is 0 Å². The van der Waals surface area contributed by atoms with Gasteiger partial charge in [0.05, 0.1) is 14.9 Å². The molecule has 1 fully saturated rings. The van der Waals surface area contributed by atoms with Crippen LogP contribution in [0.2, 0.25) is 10.0 Å². The van der Waals surface area contributed by atoms with Gasteiger partial charge in [0.15, 0.2) is 0 Å². The largest absolute Gasteiger partial charge is 0.573 e. The van der Waals surface area contributed by atoms with Gasteiger partial charge < -0.3 is 4.74 Å². The van der Waals surface area contributed by atoms with Crippen molar-refractivity contribution in [3.63, 3.8) is 0 Å². The number of hydrogen-bond donors (Lipinski definition) is 1. The van der Waals surface area contributed by atoms with E-state index in [1.54, 1.807) is 12.1 Å². The first-order chi connectivity index (χ1) is 13.0. The summed E-state index contributed by atoms with van der Waals surface area (Å²) in [5.41, 5.74) is 0.883. The van der Waals surface area contributed by atoms with Crippen LogP contribution in [0.15, 0.2) is 47.4 Å². The molecule has 10 heteroatoms. The Morgan fingerprint density at radius 2 is 1.68 bits per heavy atom. The van der Waals surface area contributed by atoms with Crippen molar-refractivity contribution in [2.24, 2.45) is 0 Å². The van der Waals surface area contributed by atoms with Crippen LogP contribution in [0.4, 0.5) is 13.2 Å². The van der Waals surface area contributed by atoms with Crippen molar-refractivity contribution in [2.75, 3.05) is 0 Å². The Morgan fingerprint density at radius 1 is 1.00 bits per heavy atom. The second kappa shape index (κ2) is 8.10. The summed E-state index contributed by atoms with van der Waals surface area (Å²) in [7, 11) is -3.91. The van der Waals surface area contributed by atoms with Crippen molar-refractivity contribution in [3.05, 3.63) is 58.1 Å². The molecule has 0 unspecified atom stereocenters. The van der Waals surface area contributed by atoms with Crippen LogP contribution in [0.25, 0.3) is 0 Å². The van der Waals surface area contributed by atoms with Gasteiger partial charge in [0.25, 0.3) is 0 Å². The molecule has 0 radical (unpaired) electrons. The van der Waals surface area contributed by atoms with E-state index in [0.717, 1.165) is 42.7 Å². The smallest absolute Gasteiger partial charge is 0.406 e. The van der Waals surface area contributed by atoms with Crippen molar-refractivity contribution >= 4 is 33.2 Å². The van der Waals surface area contributed by atoms with E-state index in [-0.39, 0.29) is 16.9 Å². The molecule has 0 bridgehead atoms. The standard InChI is InChI=1S/C18H16Cl2F3NO3S/c19-15-9-4-11(10-16(15)20)14-2-1-3-17(14)24-28(25,26)13-7-5-12(6-8-13)27-18(21,22)23/h4-10,14,17,24H,1-3H2/t14-,17+/m1/s1. The lowest BCUT2D eigenvalue weighted by atomic mass is 9.95. The highest BCUT2D eigenvalue weighted by molar-refractivity contribution is 7.89. The summed E-state index contributed by atoms with van der Waals surface area (Å²) in [6.07, 6.45) is -2.59. The van der Waals surface area contributed by atoms with Gasteiger partial charge in [0.1, 0.15) is 5.75 Å². The van der Waals surface area contributed by atoms with E-state index in [0.29, 0.717) is 16.5 Å². The maximum atomic E-state index is 12.7. The van der Waals surface area contributed by atoms with E-state index in [1.165, 1.54) is 0 Å². The van der Waals surface area contributed by atoms with Gasteiger partial charge in [-0.15, -0.1) is 13.2 Å². The first kappa shape index (κ1) is 21.2. The molecule has 0 amide bonds. The molecule has 2 atom stereocenters. The molecule has 3 rings (SSSR count). The van der Waals surface area contributed by atoms with Crippen LogP contribution in [-0.2, 0) is 10.0 Å². The Labute approximate surface area is 170 Å². The summed E-state index contributed by atoms with van der Waals surface area (Å²) in [6, 6.07) is 8.94. The molecule has 1 N–H and O–H groups in total. The second-order valence-corrected chi connectivity index (χ2v) is 8.99. The lowest BCUT2D eigenvalue weighted by molar-refractivity contribution is -0.274. The number of hydrogen-bond acceptors (Lipinski definition) is 3. The molecule has 2 aromatic rings. The van der Waals surface area contributed by atoms with Gasteiger partial charge in [-0.3, -0.25) is 0 Å². The zero-order chi connectivity index (χ0) is 20.5. The van der Waals surface area contributed by atoms with Crippen molar-refractivity contribution in [2.45, 2.75) is 42.5 Å². The predicted molar refractivity (Wildman–Crippen MR) is 100 cm³/mol. The highest BCUT2D eigenvalue weighted by atomic mass is 35.5. The fraction of sp³-hybridized carbons (Fsp3) is 0.333. The minimum atomic E-state index is -4.84. The summed E-state index contributed by atoms with van der Waals surface area (Å²) in [5, 5.41) is 0.814. The van der Waals surface area contributed by atoms with Gasteiger partial charge in [-0.25, -0.2) is 13.1 Å². The first-order valence-electron chi connectivity index (χ1n) is 8.38. The molecular weight excluding hydrogens is 438 g/mol. The SMILES string of the molecule is O=S(=O)(N[C@H]1CCC[C@@H]1c1ccc(Cl)c(Cl)c1)c1ccc(OC(F)(F)F)cc1. The Balaban J connectivity index is 1.76. The minimum Gasteiger partial charge on any atom is -0.406 e. The molecule has 0 aromatic heterocycles. The van der Waals surface area contributed by atoms with Crippen molar-refractivity contribution in [3.8, 4) is 5.75 Å². The average molecular weight is 454 g/mol. The fourth-order valence-corrected chi connectivity index (χ4v) is 4.95. The topological polar surface area (TPSA) is 55.4 Å². The monoisotopic (exact) mass is 453 g/mol. The molecule has 4 nitrogen and oxygen atoms in total. The van der Waals surface area contributed by atoms with E-state index < -0.39 is 22.1 Å². The molecular formula is C18H16Cl2F3NO3S. The van der Waals surface area contributed by atoms with E-state index in [2.05, 4.69) is 9.46 Å². The predicted octanol–water partition coefficient (Wildman–Crippen LogP) is 5.51. The summed E-state index contributed by atoms with van der Waals surface area (Å²) in [4.78, 5) is -0.137. The maximum absolute atomic E-state index is 12.7. The van der Waals surface area contributed by atoms with Crippen LogP contribution in [0, 0.1) is 0 Å². The zero-order valence-electron chi connectivity index (χ0n) is 14.3. The van der Waals surface area contributed by atoms with Crippen LogP contribution in [0.3, 0.4) is 0 Å². The maximum Gasteiger partial charge on any atom is 0.573 e. The van der Waals surface area contributed by atoms with Crippen molar-refractivity contribution in [1.82, 2.24) is 4.72 Å². The van der Waals surface area contributed by atoms with E-state index in [4.69, 9.17) is 23.2 Å². The summed E-state index contributed by atoms with van der Waals surface area (Å²) < 4.78 is 68.4. The minimum absolute atomic E-state index is 0.0719. The Bertz CT molecular complexity index is 950. The van der Waals surface area contributed by atoms with Crippen molar-refractivity contribution in [1.29, 1.82) is 0 Å². The van der Waals surface area contributed by atoms with Gasteiger partial charge in [-0.05, 0) is 54.8 Å². The van der Waals surface area contributed by atoms with E-state index in [1.807, 2.05) is 6.07 Å². The quantitative estimate of drug-likeness (QED) is 0.649. The Kier molecular flexibility index (Phi) is 6.14. The molecule has 152 valence electrons. The lowest BCUT2D eigenvalue weighted by Gasteiger charge is -2.22. The number of halogens is 5. The van der Waals surface area contributed by atoms with Crippen LogP contribution in [-0.4, -0.2) is 20.8 Å². The normalized spacial score (nSPS) is 20.3. The summed E-state index contributed by atoms with van der Waals surface area (Å²) >= 11 is 12.0. The van der Waals surface area contributed by atoms with E-state index >= 15 is 0 Å². The van der Waals surface area contributed by atoms with Crippen molar-refractivity contribution < 1.29 is 26.3 Å². The number of benzene rings is 2. The molecule has 1 aliphatic carbocycles. The second-order valence-electron chi connectivity index (χ2n) is 6.46. The number of rotatable bonds is 5. The zero-order valence-corrected chi connectivity index (χ0v) is 16.7. The highest BCUT2D eigenvalue weighted by Gasteiger charge is 2.33. The third-order valence-electron chi connectivity index (χ3n) is 4.56. The molecule has 1 saturated carbocycles. The molecule has 28 heavy (non-hydrogen) atoms. The van der Waals surface area contributed by atoms with Crippen LogP contribution in [0.5, 0.6) is 5.75 Å². The fourth-order valence-electron chi connectivity index (χ4n) is 3.33. The molecule has 0 spiro atoms. The highest BCUT2D eigenvalue weighted by Crippen LogP contribution is 2.37. The Hall–Kier alpha value is -1.48. The van der Waals surface area contributed by atoms with E-state index in [9.17, 15) is 21.6 Å². The number of ether oxygens (including phenoxy) is 1. The number of nitrogens with one attached hydrogen (secondary N) is 1.